The van der Waals surface area contributed by atoms with Crippen LogP contribution in [-0.2, 0) is 12.8 Å². The fourth-order valence-corrected chi connectivity index (χ4v) is 3.97. The number of benzene rings is 2. The van der Waals surface area contributed by atoms with Crippen molar-refractivity contribution in [2.24, 2.45) is 0 Å². The van der Waals surface area contributed by atoms with E-state index < -0.39 is 0 Å². The molecule has 8 nitrogen and oxygen atoms in total. The van der Waals surface area contributed by atoms with Crippen LogP contribution in [0.15, 0.2) is 54.7 Å². The van der Waals surface area contributed by atoms with Crippen molar-refractivity contribution in [2.45, 2.75) is 40.5 Å². The van der Waals surface area contributed by atoms with Crippen molar-refractivity contribution in [3.05, 3.63) is 71.4 Å². The number of anilines is 1. The van der Waals surface area contributed by atoms with Crippen LogP contribution in [0.25, 0.3) is 0 Å². The quantitative estimate of drug-likeness (QED) is 0.264. The number of amides is 1. The zero-order chi connectivity index (χ0) is 27.2. The molecule has 3 rings (SSSR count). The Kier molecular flexibility index (Phi) is 11.6. The molecule has 2 aromatic carbocycles. The molecule has 0 saturated carbocycles. The fraction of sp³-hybridized carbons (Fsp3) is 0.400. The summed E-state index contributed by atoms with van der Waals surface area (Å²) in [6.07, 6.45) is 3.09. The minimum atomic E-state index is -0.170. The summed E-state index contributed by atoms with van der Waals surface area (Å²) in [5, 5.41) is 6.31. The minimum absolute atomic E-state index is 0.170. The van der Waals surface area contributed by atoms with Crippen LogP contribution < -0.4 is 29.6 Å². The summed E-state index contributed by atoms with van der Waals surface area (Å²) in [6.45, 7) is 11.2. The van der Waals surface area contributed by atoms with Crippen molar-refractivity contribution >= 4 is 11.7 Å². The van der Waals surface area contributed by atoms with E-state index in [0.717, 1.165) is 40.5 Å². The van der Waals surface area contributed by atoms with Gasteiger partial charge in [-0.3, -0.25) is 4.79 Å². The highest BCUT2D eigenvalue weighted by atomic mass is 16.5. The van der Waals surface area contributed by atoms with Gasteiger partial charge in [-0.1, -0.05) is 12.1 Å². The highest BCUT2D eigenvalue weighted by molar-refractivity contribution is 5.98. The second kappa shape index (κ2) is 15.3. The van der Waals surface area contributed by atoms with Crippen LogP contribution in [0.5, 0.6) is 23.0 Å². The normalized spacial score (nSPS) is 10.5. The molecular weight excluding hydrogens is 482 g/mol. The fourth-order valence-electron chi connectivity index (χ4n) is 3.97. The molecule has 2 N–H and O–H groups in total. The summed E-state index contributed by atoms with van der Waals surface area (Å²) in [5.74, 6) is 3.32. The Morgan fingerprint density at radius 3 is 1.79 bits per heavy atom. The molecule has 0 aliphatic heterocycles. The van der Waals surface area contributed by atoms with Crippen LogP contribution in [0.4, 0.5) is 5.82 Å². The number of pyridine rings is 1. The maximum Gasteiger partial charge on any atom is 0.255 e. The molecule has 1 aromatic heterocycles. The van der Waals surface area contributed by atoms with Gasteiger partial charge in [0.2, 0.25) is 0 Å². The second-order valence-electron chi connectivity index (χ2n) is 8.38. The van der Waals surface area contributed by atoms with E-state index in [2.05, 4.69) is 15.6 Å². The lowest BCUT2D eigenvalue weighted by Crippen LogP contribution is -2.27. The van der Waals surface area contributed by atoms with E-state index in [9.17, 15) is 4.79 Å². The predicted molar refractivity (Wildman–Crippen MR) is 150 cm³/mol. The Bertz CT molecular complexity index is 1170. The van der Waals surface area contributed by atoms with E-state index in [4.69, 9.17) is 18.9 Å². The van der Waals surface area contributed by atoms with Crippen molar-refractivity contribution in [1.82, 2.24) is 10.3 Å². The van der Waals surface area contributed by atoms with Crippen molar-refractivity contribution in [1.29, 1.82) is 0 Å². The number of nitrogens with zero attached hydrogens (tertiary/aromatic N) is 1. The lowest BCUT2D eigenvalue weighted by molar-refractivity contribution is 0.0954. The standard InChI is InChI=1S/C30H39N3O5/c1-5-35-25-13-11-22(20-27(25)37-7-3)15-18-32-29-24(10-9-17-31-29)30(34)33-19-16-23-12-14-26(36-6-2)28(21-23)38-8-4/h9-14,17,20-21H,5-8,15-16,18-19H2,1-4H3,(H,31,32)(H,33,34). The molecule has 0 atom stereocenters. The molecule has 0 bridgehead atoms. The van der Waals surface area contributed by atoms with E-state index in [1.165, 1.54) is 0 Å². The van der Waals surface area contributed by atoms with E-state index in [0.29, 0.717) is 57.3 Å². The molecule has 0 unspecified atom stereocenters. The summed E-state index contributed by atoms with van der Waals surface area (Å²) < 4.78 is 22.7. The molecule has 0 aliphatic carbocycles. The van der Waals surface area contributed by atoms with Gasteiger partial charge < -0.3 is 29.6 Å². The van der Waals surface area contributed by atoms with Gasteiger partial charge in [0.25, 0.3) is 5.91 Å². The SMILES string of the molecule is CCOc1ccc(CCNC(=O)c2cccnc2NCCc2ccc(OCC)c(OCC)c2)cc1OCC. The number of ether oxygens (including phenoxy) is 4. The summed E-state index contributed by atoms with van der Waals surface area (Å²) >= 11 is 0. The lowest BCUT2D eigenvalue weighted by Gasteiger charge is -2.14. The lowest BCUT2D eigenvalue weighted by atomic mass is 10.1. The van der Waals surface area contributed by atoms with Gasteiger partial charge in [-0.05, 0) is 88.1 Å². The first-order valence-electron chi connectivity index (χ1n) is 13.3. The van der Waals surface area contributed by atoms with Crippen molar-refractivity contribution < 1.29 is 23.7 Å². The average Bonchev–Trinajstić information content (AvgIpc) is 2.92. The topological polar surface area (TPSA) is 90.9 Å². The maximum absolute atomic E-state index is 12.9. The second-order valence-corrected chi connectivity index (χ2v) is 8.38. The van der Waals surface area contributed by atoms with Gasteiger partial charge in [-0.15, -0.1) is 0 Å². The van der Waals surface area contributed by atoms with Crippen molar-refractivity contribution in [2.75, 3.05) is 44.8 Å². The van der Waals surface area contributed by atoms with E-state index in [1.54, 1.807) is 18.3 Å². The Morgan fingerprint density at radius 2 is 1.24 bits per heavy atom. The first kappa shape index (κ1) is 28.6. The van der Waals surface area contributed by atoms with Gasteiger partial charge in [-0.2, -0.15) is 0 Å². The molecule has 1 heterocycles. The number of aromatic nitrogens is 1. The van der Waals surface area contributed by atoms with Gasteiger partial charge in [0.05, 0.1) is 32.0 Å². The maximum atomic E-state index is 12.9. The largest absolute Gasteiger partial charge is 0.490 e. The first-order chi connectivity index (χ1) is 18.6. The smallest absolute Gasteiger partial charge is 0.255 e. The van der Waals surface area contributed by atoms with E-state index >= 15 is 0 Å². The molecule has 0 fully saturated rings. The third-order valence-electron chi connectivity index (χ3n) is 5.67. The summed E-state index contributed by atoms with van der Waals surface area (Å²) in [7, 11) is 0. The number of carbonyl (C=O) groups excluding carboxylic acids is 1. The molecule has 0 spiro atoms. The summed E-state index contributed by atoms with van der Waals surface area (Å²) in [5.41, 5.74) is 2.67. The molecule has 0 saturated heterocycles. The van der Waals surface area contributed by atoms with Crippen LogP contribution in [0, 0.1) is 0 Å². The summed E-state index contributed by atoms with van der Waals surface area (Å²) in [4.78, 5) is 17.3. The van der Waals surface area contributed by atoms with E-state index in [-0.39, 0.29) is 5.91 Å². The van der Waals surface area contributed by atoms with E-state index in [1.807, 2.05) is 64.1 Å². The average molecular weight is 522 g/mol. The number of rotatable bonds is 16. The molecule has 0 radical (unpaired) electrons. The molecule has 204 valence electrons. The van der Waals surface area contributed by atoms with Gasteiger partial charge >= 0.3 is 0 Å². The Morgan fingerprint density at radius 1 is 0.711 bits per heavy atom. The van der Waals surface area contributed by atoms with Crippen LogP contribution in [0.2, 0.25) is 0 Å². The molecular formula is C30H39N3O5. The monoisotopic (exact) mass is 521 g/mol. The first-order valence-corrected chi connectivity index (χ1v) is 13.3. The third kappa shape index (κ3) is 8.30. The Labute approximate surface area is 225 Å². The number of nitrogens with one attached hydrogen (secondary N) is 2. The van der Waals surface area contributed by atoms with Crippen LogP contribution >= 0.6 is 0 Å². The Balaban J connectivity index is 1.56. The molecule has 1 amide bonds. The number of hydrogen-bond acceptors (Lipinski definition) is 7. The van der Waals surface area contributed by atoms with Crippen LogP contribution in [0.3, 0.4) is 0 Å². The minimum Gasteiger partial charge on any atom is -0.490 e. The van der Waals surface area contributed by atoms with Crippen molar-refractivity contribution in [3.8, 4) is 23.0 Å². The Hall–Kier alpha value is -3.94. The predicted octanol–water partition coefficient (Wildman–Crippen LogP) is 5.30. The van der Waals surface area contributed by atoms with Gasteiger partial charge in [0.15, 0.2) is 23.0 Å². The highest BCUT2D eigenvalue weighted by Crippen LogP contribution is 2.29. The van der Waals surface area contributed by atoms with Gasteiger partial charge in [0.1, 0.15) is 5.82 Å². The summed E-state index contributed by atoms with van der Waals surface area (Å²) in [6, 6.07) is 15.4. The van der Waals surface area contributed by atoms with Crippen LogP contribution in [-0.4, -0.2) is 50.4 Å². The molecule has 3 aromatic rings. The zero-order valence-corrected chi connectivity index (χ0v) is 22.8. The number of carbonyl (C=O) groups is 1. The van der Waals surface area contributed by atoms with Crippen molar-refractivity contribution in [3.63, 3.8) is 0 Å². The molecule has 38 heavy (non-hydrogen) atoms. The zero-order valence-electron chi connectivity index (χ0n) is 22.8. The highest BCUT2D eigenvalue weighted by Gasteiger charge is 2.13. The van der Waals surface area contributed by atoms with Gasteiger partial charge in [0, 0.05) is 19.3 Å². The van der Waals surface area contributed by atoms with Gasteiger partial charge in [-0.25, -0.2) is 4.98 Å². The third-order valence-corrected chi connectivity index (χ3v) is 5.67. The number of hydrogen-bond donors (Lipinski definition) is 2. The molecule has 8 heteroatoms. The van der Waals surface area contributed by atoms with Crippen LogP contribution in [0.1, 0.15) is 49.2 Å². The molecule has 0 aliphatic rings.